The molecule has 2 aromatic rings. The molecule has 3 N–H and O–H groups in total. The molecule has 0 spiro atoms. The van der Waals surface area contributed by atoms with Gasteiger partial charge in [-0.3, -0.25) is 4.79 Å². The number of aryl methyl sites for hydroxylation is 2. The number of ether oxygens (including phenoxy) is 1. The molecule has 0 aliphatic carbocycles. The van der Waals surface area contributed by atoms with Gasteiger partial charge in [0.15, 0.2) is 0 Å². The summed E-state index contributed by atoms with van der Waals surface area (Å²) in [5, 5.41) is 29.3. The number of aromatic nitrogens is 2. The lowest BCUT2D eigenvalue weighted by molar-refractivity contribution is -0.139. The van der Waals surface area contributed by atoms with Crippen molar-refractivity contribution in [2.45, 2.75) is 45.2 Å². The summed E-state index contributed by atoms with van der Waals surface area (Å²) in [6.45, 7) is 0.494. The molecular formula is C20H25BN3O7-. The molecule has 31 heavy (non-hydrogen) atoms. The number of likely N-dealkylation sites (tertiary alicyclic amines) is 1. The highest BCUT2D eigenvalue weighted by atomic mass is 16.6. The van der Waals surface area contributed by atoms with Crippen LogP contribution in [0.5, 0.6) is 11.5 Å². The van der Waals surface area contributed by atoms with Gasteiger partial charge in [-0.1, -0.05) is 19.3 Å². The zero-order valence-corrected chi connectivity index (χ0v) is 17.2. The number of carboxylic acids is 1. The van der Waals surface area contributed by atoms with Crippen LogP contribution in [0.15, 0.2) is 24.7 Å². The average molecular weight is 430 g/mol. The van der Waals surface area contributed by atoms with E-state index in [0.717, 1.165) is 13.0 Å². The Morgan fingerprint density at radius 3 is 2.81 bits per heavy atom. The second-order valence-electron chi connectivity index (χ2n) is 8.06. The van der Waals surface area contributed by atoms with E-state index in [9.17, 15) is 24.7 Å². The molecule has 0 radical (unpaired) electrons. The van der Waals surface area contributed by atoms with Crippen LogP contribution in [0.1, 0.15) is 35.0 Å². The maximum absolute atomic E-state index is 12.5. The Hall–Kier alpha value is -3.05. The van der Waals surface area contributed by atoms with Gasteiger partial charge in [-0.05, 0) is 24.5 Å². The lowest BCUT2D eigenvalue weighted by atomic mass is 9.70. The molecule has 3 heterocycles. The van der Waals surface area contributed by atoms with E-state index in [2.05, 4.69) is 11.9 Å². The van der Waals surface area contributed by atoms with E-state index in [4.69, 9.17) is 9.39 Å². The van der Waals surface area contributed by atoms with Crippen LogP contribution in [0.4, 0.5) is 0 Å². The number of benzene rings is 1. The topological polar surface area (TPSA) is 134 Å². The van der Waals surface area contributed by atoms with Crippen LogP contribution < -0.4 is 9.39 Å². The first-order chi connectivity index (χ1) is 14.8. The van der Waals surface area contributed by atoms with Gasteiger partial charge in [-0.15, -0.1) is 0 Å². The third-order valence-electron chi connectivity index (χ3n) is 5.51. The van der Waals surface area contributed by atoms with Gasteiger partial charge in [0.1, 0.15) is 17.4 Å². The normalized spacial score (nSPS) is 17.5. The summed E-state index contributed by atoms with van der Waals surface area (Å²) < 4.78 is 12.9. The van der Waals surface area contributed by atoms with Crippen molar-refractivity contribution in [2.75, 3.05) is 13.1 Å². The lowest BCUT2D eigenvalue weighted by Crippen LogP contribution is -2.56. The highest BCUT2D eigenvalue weighted by molar-refractivity contribution is 6.59. The number of nitrogens with zero attached hydrogens (tertiary/aromatic N) is 3. The maximum atomic E-state index is 12.5. The molecule has 4 rings (SSSR count). The molecule has 1 amide bonds. The molecule has 0 atom stereocenters. The molecule has 10 nitrogen and oxygen atoms in total. The predicted molar refractivity (Wildman–Crippen MR) is 110 cm³/mol. The maximum Gasteiger partial charge on any atom is 0.430 e. The van der Waals surface area contributed by atoms with Crippen LogP contribution >= 0.6 is 0 Å². The fourth-order valence-corrected chi connectivity index (χ4v) is 3.87. The molecule has 1 saturated heterocycles. The van der Waals surface area contributed by atoms with Gasteiger partial charge < -0.3 is 34.0 Å². The van der Waals surface area contributed by atoms with Crippen LogP contribution in [-0.4, -0.2) is 67.4 Å². The Morgan fingerprint density at radius 1 is 1.32 bits per heavy atom. The minimum Gasteiger partial charge on any atom is -0.669 e. The second-order valence-corrected chi connectivity index (χ2v) is 8.06. The SMILES string of the molecule is CCCn1cnc(CC(=O)N2CC(Oc3ccc4c(c3C(=O)O)O[B-](O)(O)CC4)C2)c1. The van der Waals surface area contributed by atoms with Crippen molar-refractivity contribution in [3.05, 3.63) is 41.5 Å². The zero-order chi connectivity index (χ0) is 22.2. The number of aromatic carboxylic acids is 1. The summed E-state index contributed by atoms with van der Waals surface area (Å²) in [5.41, 5.74) is 1.05. The number of rotatable bonds is 7. The van der Waals surface area contributed by atoms with Crippen LogP contribution in [0.2, 0.25) is 6.32 Å². The number of amides is 1. The first kappa shape index (κ1) is 21.2. The zero-order valence-electron chi connectivity index (χ0n) is 17.2. The van der Waals surface area contributed by atoms with Gasteiger partial charge in [0, 0.05) is 12.7 Å². The Labute approximate surface area is 179 Å². The van der Waals surface area contributed by atoms with E-state index in [1.165, 1.54) is 0 Å². The number of hydrogen-bond acceptors (Lipinski definition) is 7. The van der Waals surface area contributed by atoms with Crippen LogP contribution in [-0.2, 0) is 24.2 Å². The fraction of sp³-hybridized carbons (Fsp3) is 0.450. The van der Waals surface area contributed by atoms with Gasteiger partial charge in [0.2, 0.25) is 5.91 Å². The summed E-state index contributed by atoms with van der Waals surface area (Å²) in [6, 6.07) is 3.21. The number of carboxylic acid groups (broad SMARTS) is 1. The number of carbonyl (C=O) groups excluding carboxylic acids is 1. The van der Waals surface area contributed by atoms with Crippen molar-refractivity contribution in [1.29, 1.82) is 0 Å². The van der Waals surface area contributed by atoms with Crippen molar-refractivity contribution in [1.82, 2.24) is 14.5 Å². The summed E-state index contributed by atoms with van der Waals surface area (Å²) in [4.78, 5) is 30.2. The van der Waals surface area contributed by atoms with Crippen molar-refractivity contribution < 1.29 is 34.1 Å². The van der Waals surface area contributed by atoms with Crippen LogP contribution in [0, 0.1) is 0 Å². The van der Waals surface area contributed by atoms with Gasteiger partial charge in [0.25, 0.3) is 0 Å². The van der Waals surface area contributed by atoms with Crippen LogP contribution in [0.3, 0.4) is 0 Å². The predicted octanol–water partition coefficient (Wildman–Crippen LogP) is 0.682. The van der Waals surface area contributed by atoms with Crippen molar-refractivity contribution in [2.24, 2.45) is 0 Å². The first-order valence-corrected chi connectivity index (χ1v) is 10.4. The van der Waals surface area contributed by atoms with Crippen molar-refractivity contribution in [3.8, 4) is 11.5 Å². The van der Waals surface area contributed by atoms with E-state index in [1.54, 1.807) is 23.4 Å². The third kappa shape index (κ3) is 4.52. The molecule has 1 fully saturated rings. The van der Waals surface area contributed by atoms with E-state index in [-0.39, 0.29) is 41.8 Å². The summed E-state index contributed by atoms with van der Waals surface area (Å²) >= 11 is 0. The quantitative estimate of drug-likeness (QED) is 0.546. The van der Waals surface area contributed by atoms with Crippen molar-refractivity contribution >= 4 is 18.6 Å². The molecule has 2 aliphatic heterocycles. The Balaban J connectivity index is 1.39. The molecule has 0 saturated carbocycles. The van der Waals surface area contributed by atoms with Gasteiger partial charge in [-0.25, -0.2) is 9.78 Å². The molecule has 0 bridgehead atoms. The molecule has 2 aliphatic rings. The monoisotopic (exact) mass is 430 g/mol. The number of carbonyl (C=O) groups is 2. The number of hydrogen-bond donors (Lipinski definition) is 3. The molecule has 11 heteroatoms. The highest BCUT2D eigenvalue weighted by Crippen LogP contribution is 2.38. The van der Waals surface area contributed by atoms with Gasteiger partial charge >= 0.3 is 12.7 Å². The number of fused-ring (bicyclic) bond motifs is 1. The summed E-state index contributed by atoms with van der Waals surface area (Å²) in [6.07, 6.45) is 4.71. The minimum atomic E-state index is -3.09. The van der Waals surface area contributed by atoms with Crippen LogP contribution in [0.25, 0.3) is 0 Å². The molecule has 0 unspecified atom stereocenters. The van der Waals surface area contributed by atoms with Gasteiger partial charge in [0.05, 0.1) is 37.3 Å². The third-order valence-corrected chi connectivity index (χ3v) is 5.51. The van der Waals surface area contributed by atoms with Gasteiger partial charge in [-0.2, -0.15) is 0 Å². The summed E-state index contributed by atoms with van der Waals surface area (Å²) in [7, 11) is 0. The molecular weight excluding hydrogens is 405 g/mol. The highest BCUT2D eigenvalue weighted by Gasteiger charge is 2.36. The Morgan fingerprint density at radius 2 is 2.10 bits per heavy atom. The second kappa shape index (κ2) is 8.24. The standard InChI is InChI=1S/C20H25BN3O7/c1-2-7-23-9-14(22-12-23)8-17(25)24-10-15(11-24)30-16-4-3-13-5-6-21(28,29)31-19(13)18(16)20(26)27/h3-4,9,12,15,28-29H,2,5-8,10-11H2,1H3,(H,26,27)/q-1. The largest absolute Gasteiger partial charge is 0.669 e. The molecule has 1 aromatic carbocycles. The van der Waals surface area contributed by atoms with E-state index < -0.39 is 12.7 Å². The lowest BCUT2D eigenvalue weighted by Gasteiger charge is -2.40. The summed E-state index contributed by atoms with van der Waals surface area (Å²) in [5.74, 6) is -1.34. The number of imidazole rings is 1. The van der Waals surface area contributed by atoms with Crippen molar-refractivity contribution in [3.63, 3.8) is 0 Å². The average Bonchev–Trinajstić information content (AvgIpc) is 3.09. The molecule has 166 valence electrons. The van der Waals surface area contributed by atoms with E-state index in [0.29, 0.717) is 30.8 Å². The van der Waals surface area contributed by atoms with E-state index >= 15 is 0 Å². The fourth-order valence-electron chi connectivity index (χ4n) is 3.87. The Kier molecular flexibility index (Phi) is 5.63. The minimum absolute atomic E-state index is 0.00262. The smallest absolute Gasteiger partial charge is 0.430 e. The Bertz CT molecular complexity index is 1000. The first-order valence-electron chi connectivity index (χ1n) is 10.4. The van der Waals surface area contributed by atoms with E-state index in [1.807, 2.05) is 10.8 Å². The molecule has 1 aromatic heterocycles.